The van der Waals surface area contributed by atoms with Crippen LogP contribution in [0.25, 0.3) is 11.3 Å². The van der Waals surface area contributed by atoms with E-state index in [9.17, 15) is 9.18 Å². The molecule has 3 aromatic rings. The van der Waals surface area contributed by atoms with E-state index in [4.69, 9.17) is 15.9 Å². The van der Waals surface area contributed by atoms with Gasteiger partial charge >= 0.3 is 0 Å². The smallest absolute Gasteiger partial charge is 0.252 e. The fraction of sp³-hybridized carbons (Fsp3) is 0.286. The van der Waals surface area contributed by atoms with E-state index in [1.807, 2.05) is 0 Å². The molecule has 1 atom stereocenters. The lowest BCUT2D eigenvalue weighted by Crippen LogP contribution is -2.31. The first-order valence-corrected chi connectivity index (χ1v) is 9.60. The molecule has 3 aromatic heterocycles. The van der Waals surface area contributed by atoms with Crippen LogP contribution in [0.15, 0.2) is 47.4 Å². The zero-order valence-corrected chi connectivity index (χ0v) is 16.9. The van der Waals surface area contributed by atoms with E-state index < -0.39 is 11.7 Å². The maximum Gasteiger partial charge on any atom is 0.252 e. The van der Waals surface area contributed by atoms with Crippen LogP contribution in [0.4, 0.5) is 21.7 Å². The summed E-state index contributed by atoms with van der Waals surface area (Å²) in [5, 5.41) is 6.06. The van der Waals surface area contributed by atoms with Crippen molar-refractivity contribution in [1.29, 1.82) is 0 Å². The van der Waals surface area contributed by atoms with Gasteiger partial charge in [0.05, 0.1) is 23.8 Å². The summed E-state index contributed by atoms with van der Waals surface area (Å²) >= 11 is 0. The molecule has 1 amide bonds. The van der Waals surface area contributed by atoms with Gasteiger partial charge in [-0.15, -0.1) is 0 Å². The Morgan fingerprint density at radius 3 is 2.70 bits per heavy atom. The first kappa shape index (κ1) is 21.3. The number of furan rings is 1. The Morgan fingerprint density at radius 2 is 2.07 bits per heavy atom. The Labute approximate surface area is 173 Å². The van der Waals surface area contributed by atoms with Gasteiger partial charge in [-0.1, -0.05) is 13.8 Å². The summed E-state index contributed by atoms with van der Waals surface area (Å²) in [6.07, 6.45) is 5.47. The molecule has 8 nitrogen and oxygen atoms in total. The van der Waals surface area contributed by atoms with Crippen molar-refractivity contribution in [2.75, 3.05) is 17.2 Å². The summed E-state index contributed by atoms with van der Waals surface area (Å²) in [6.45, 7) is 4.43. The number of aromatic nitrogens is 2. The normalized spacial score (nSPS) is 12.0. The maximum absolute atomic E-state index is 14.6. The van der Waals surface area contributed by atoms with Gasteiger partial charge < -0.3 is 26.5 Å². The summed E-state index contributed by atoms with van der Waals surface area (Å²) in [5.41, 5.74) is 13.2. The zero-order chi connectivity index (χ0) is 21.7. The van der Waals surface area contributed by atoms with E-state index >= 15 is 0 Å². The molecule has 30 heavy (non-hydrogen) atoms. The predicted molar refractivity (Wildman–Crippen MR) is 114 cm³/mol. The van der Waals surface area contributed by atoms with Gasteiger partial charge in [-0.2, -0.15) is 0 Å². The zero-order valence-electron chi connectivity index (χ0n) is 16.9. The maximum atomic E-state index is 14.6. The van der Waals surface area contributed by atoms with Gasteiger partial charge in [0.2, 0.25) is 0 Å². The van der Waals surface area contributed by atoms with Crippen LogP contribution in [0.1, 0.15) is 30.6 Å². The van der Waals surface area contributed by atoms with Crippen LogP contribution >= 0.6 is 0 Å². The molecule has 0 aliphatic carbocycles. The van der Waals surface area contributed by atoms with Gasteiger partial charge in [-0.3, -0.25) is 9.78 Å². The minimum absolute atomic E-state index is 0.00251. The average molecular weight is 412 g/mol. The number of primary amides is 1. The van der Waals surface area contributed by atoms with Crippen LogP contribution in [0.2, 0.25) is 0 Å². The number of carbonyl (C=O) groups excluding carboxylic acids is 1. The highest BCUT2D eigenvalue weighted by molar-refractivity contribution is 5.98. The second-order valence-corrected chi connectivity index (χ2v) is 7.35. The van der Waals surface area contributed by atoms with Crippen LogP contribution in [0, 0.1) is 11.7 Å². The lowest BCUT2D eigenvalue weighted by molar-refractivity contribution is 0.100. The molecule has 0 radical (unpaired) electrons. The summed E-state index contributed by atoms with van der Waals surface area (Å²) in [6, 6.07) is 6.15. The molecule has 3 heterocycles. The number of nitrogens with two attached hydrogens (primary N) is 2. The molecular weight excluding hydrogens is 387 g/mol. The SMILES string of the molecule is CC(C)CC(CN)Nc1nc(Nc2ccnc(-c3ccoc3)c2)c(C(N)=O)cc1F. The van der Waals surface area contributed by atoms with E-state index in [-0.39, 0.29) is 23.2 Å². The lowest BCUT2D eigenvalue weighted by atomic mass is 10.0. The summed E-state index contributed by atoms with van der Waals surface area (Å²) in [7, 11) is 0. The molecule has 0 saturated heterocycles. The van der Waals surface area contributed by atoms with Crippen molar-refractivity contribution in [3.63, 3.8) is 0 Å². The molecule has 6 N–H and O–H groups in total. The second kappa shape index (κ2) is 9.36. The lowest BCUT2D eigenvalue weighted by Gasteiger charge is -2.21. The Morgan fingerprint density at radius 1 is 1.27 bits per heavy atom. The minimum atomic E-state index is -0.794. The molecule has 0 fully saturated rings. The van der Waals surface area contributed by atoms with Crippen LogP contribution < -0.4 is 22.1 Å². The third-order valence-corrected chi connectivity index (χ3v) is 4.46. The highest BCUT2D eigenvalue weighted by Gasteiger charge is 2.19. The summed E-state index contributed by atoms with van der Waals surface area (Å²) < 4.78 is 19.7. The standard InChI is InChI=1S/C21H25FN6O2/c1-12(2)7-15(10-23)27-21-17(22)9-16(19(24)29)20(28-21)26-14-3-5-25-18(8-14)13-4-6-30-11-13/h3-6,8-9,11-12,15H,7,10,23H2,1-2H3,(H2,24,29)(H2,25,26,27,28). The van der Waals surface area contributed by atoms with E-state index in [1.54, 1.807) is 36.9 Å². The van der Waals surface area contributed by atoms with Crippen molar-refractivity contribution in [2.24, 2.45) is 17.4 Å². The molecular formula is C21H25FN6O2. The molecule has 3 rings (SSSR count). The third-order valence-electron chi connectivity index (χ3n) is 4.46. The predicted octanol–water partition coefficient (Wildman–Crippen LogP) is 3.50. The molecule has 158 valence electrons. The van der Waals surface area contributed by atoms with Crippen LogP contribution in [0.3, 0.4) is 0 Å². The third kappa shape index (κ3) is 5.12. The average Bonchev–Trinajstić information content (AvgIpc) is 3.24. The van der Waals surface area contributed by atoms with Gasteiger partial charge in [0.15, 0.2) is 11.6 Å². The number of hydrogen-bond acceptors (Lipinski definition) is 7. The van der Waals surface area contributed by atoms with Gasteiger partial charge in [-0.25, -0.2) is 9.37 Å². The molecule has 9 heteroatoms. The van der Waals surface area contributed by atoms with Crippen LogP contribution in [-0.2, 0) is 0 Å². The number of rotatable bonds is 9. The number of hydrogen-bond donors (Lipinski definition) is 4. The first-order valence-electron chi connectivity index (χ1n) is 9.60. The molecule has 0 saturated carbocycles. The Bertz CT molecular complexity index is 1010. The second-order valence-electron chi connectivity index (χ2n) is 7.35. The summed E-state index contributed by atoms with van der Waals surface area (Å²) in [5.74, 6) is -0.962. The highest BCUT2D eigenvalue weighted by Crippen LogP contribution is 2.27. The van der Waals surface area contributed by atoms with E-state index in [1.165, 1.54) is 0 Å². The first-order chi connectivity index (χ1) is 14.4. The van der Waals surface area contributed by atoms with Crippen molar-refractivity contribution in [1.82, 2.24) is 9.97 Å². The molecule has 0 aliphatic rings. The monoisotopic (exact) mass is 412 g/mol. The molecule has 1 unspecified atom stereocenters. The molecule has 0 spiro atoms. The fourth-order valence-corrected chi connectivity index (χ4v) is 3.06. The Kier molecular flexibility index (Phi) is 6.63. The van der Waals surface area contributed by atoms with Crippen molar-refractivity contribution in [2.45, 2.75) is 26.3 Å². The number of amides is 1. The van der Waals surface area contributed by atoms with E-state index in [2.05, 4.69) is 34.4 Å². The quantitative estimate of drug-likeness (QED) is 0.423. The van der Waals surface area contributed by atoms with Crippen LogP contribution in [-0.4, -0.2) is 28.5 Å². The number of halogens is 1. The van der Waals surface area contributed by atoms with Crippen molar-refractivity contribution < 1.29 is 13.6 Å². The molecule has 0 aliphatic heterocycles. The van der Waals surface area contributed by atoms with Crippen molar-refractivity contribution in [3.8, 4) is 11.3 Å². The van der Waals surface area contributed by atoms with E-state index in [0.717, 1.165) is 18.1 Å². The number of anilines is 3. The molecule has 0 bridgehead atoms. The van der Waals surface area contributed by atoms with Crippen molar-refractivity contribution in [3.05, 3.63) is 54.4 Å². The van der Waals surface area contributed by atoms with Gasteiger partial charge in [0, 0.05) is 30.0 Å². The van der Waals surface area contributed by atoms with Gasteiger partial charge in [0.25, 0.3) is 5.91 Å². The summed E-state index contributed by atoms with van der Waals surface area (Å²) in [4.78, 5) is 20.4. The number of pyridine rings is 2. The Hall–Kier alpha value is -3.46. The highest BCUT2D eigenvalue weighted by atomic mass is 19.1. The number of nitrogens with zero attached hydrogens (tertiary/aromatic N) is 2. The Balaban J connectivity index is 1.93. The molecule has 0 aromatic carbocycles. The largest absolute Gasteiger partial charge is 0.472 e. The van der Waals surface area contributed by atoms with Crippen molar-refractivity contribution >= 4 is 23.2 Å². The van der Waals surface area contributed by atoms with Gasteiger partial charge in [0.1, 0.15) is 5.82 Å². The number of nitrogens with one attached hydrogen (secondary N) is 2. The minimum Gasteiger partial charge on any atom is -0.472 e. The number of carbonyl (C=O) groups is 1. The fourth-order valence-electron chi connectivity index (χ4n) is 3.06. The topological polar surface area (TPSA) is 132 Å². The van der Waals surface area contributed by atoms with Crippen LogP contribution in [0.5, 0.6) is 0 Å². The van der Waals surface area contributed by atoms with E-state index in [0.29, 0.717) is 23.8 Å². The van der Waals surface area contributed by atoms with Gasteiger partial charge in [-0.05, 0) is 36.6 Å².